The fraction of sp³-hybridized carbons (Fsp3) is 0.429. The van der Waals surface area contributed by atoms with Crippen molar-refractivity contribution >= 4 is 11.8 Å². The van der Waals surface area contributed by atoms with Gasteiger partial charge in [-0.1, -0.05) is 12.1 Å². The van der Waals surface area contributed by atoms with Gasteiger partial charge in [0, 0.05) is 13.0 Å². The minimum absolute atomic E-state index is 0.00799. The Morgan fingerprint density at radius 1 is 1.42 bits per heavy atom. The Bertz CT molecular complexity index is 456. The molecule has 0 aromatic heterocycles. The Hall–Kier alpha value is -2.04. The standard InChI is InChI=1S/C14H18N2O3/c1-2-19-12-5-3-10(4-6-12)7-14(18)16-11-8-13(17)15-9-11/h3-6,11H,2,7-9H2,1H3,(H,15,17)(H,16,18). The number of ether oxygens (including phenoxy) is 1. The van der Waals surface area contributed by atoms with Crippen LogP contribution in [0.5, 0.6) is 5.75 Å². The molecule has 1 aromatic rings. The van der Waals surface area contributed by atoms with E-state index in [9.17, 15) is 9.59 Å². The summed E-state index contributed by atoms with van der Waals surface area (Å²) in [5.41, 5.74) is 0.929. The summed E-state index contributed by atoms with van der Waals surface area (Å²) in [6.07, 6.45) is 0.687. The molecule has 19 heavy (non-hydrogen) atoms. The lowest BCUT2D eigenvalue weighted by Crippen LogP contribution is -2.37. The third kappa shape index (κ3) is 3.98. The Morgan fingerprint density at radius 2 is 2.16 bits per heavy atom. The molecule has 0 bridgehead atoms. The van der Waals surface area contributed by atoms with E-state index in [1.54, 1.807) is 0 Å². The average molecular weight is 262 g/mol. The second kappa shape index (κ2) is 6.22. The number of amides is 2. The van der Waals surface area contributed by atoms with Gasteiger partial charge in [-0.2, -0.15) is 0 Å². The highest BCUT2D eigenvalue weighted by Crippen LogP contribution is 2.12. The number of rotatable bonds is 5. The number of hydrogen-bond donors (Lipinski definition) is 2. The van der Waals surface area contributed by atoms with E-state index in [0.717, 1.165) is 11.3 Å². The number of carbonyl (C=O) groups is 2. The van der Waals surface area contributed by atoms with Gasteiger partial charge in [-0.15, -0.1) is 0 Å². The molecule has 2 amide bonds. The largest absolute Gasteiger partial charge is 0.494 e. The van der Waals surface area contributed by atoms with Gasteiger partial charge < -0.3 is 15.4 Å². The fourth-order valence-electron chi connectivity index (χ4n) is 2.04. The first-order valence-electron chi connectivity index (χ1n) is 6.45. The van der Waals surface area contributed by atoms with Crippen molar-refractivity contribution in [3.8, 4) is 5.75 Å². The molecule has 0 spiro atoms. The van der Waals surface area contributed by atoms with Crippen molar-refractivity contribution in [1.82, 2.24) is 10.6 Å². The van der Waals surface area contributed by atoms with Crippen LogP contribution in [0.4, 0.5) is 0 Å². The zero-order valence-corrected chi connectivity index (χ0v) is 10.9. The smallest absolute Gasteiger partial charge is 0.224 e. The predicted octanol–water partition coefficient (Wildman–Crippen LogP) is 0.632. The molecule has 1 atom stereocenters. The molecule has 1 aromatic carbocycles. The molecule has 1 heterocycles. The summed E-state index contributed by atoms with van der Waals surface area (Å²) in [5, 5.41) is 5.53. The predicted molar refractivity (Wildman–Crippen MR) is 70.9 cm³/mol. The van der Waals surface area contributed by atoms with Crippen LogP contribution in [0.2, 0.25) is 0 Å². The minimum Gasteiger partial charge on any atom is -0.494 e. The maximum atomic E-state index is 11.8. The summed E-state index contributed by atoms with van der Waals surface area (Å²) < 4.78 is 5.34. The van der Waals surface area contributed by atoms with Crippen molar-refractivity contribution in [2.75, 3.05) is 13.2 Å². The summed E-state index contributed by atoms with van der Waals surface area (Å²) in [7, 11) is 0. The highest BCUT2D eigenvalue weighted by atomic mass is 16.5. The van der Waals surface area contributed by atoms with Crippen molar-refractivity contribution in [2.24, 2.45) is 0 Å². The second-order valence-corrected chi connectivity index (χ2v) is 4.53. The maximum absolute atomic E-state index is 11.8. The Balaban J connectivity index is 1.83. The van der Waals surface area contributed by atoms with Crippen molar-refractivity contribution < 1.29 is 14.3 Å². The van der Waals surface area contributed by atoms with Gasteiger partial charge in [0.15, 0.2) is 0 Å². The van der Waals surface area contributed by atoms with Crippen LogP contribution >= 0.6 is 0 Å². The first-order valence-corrected chi connectivity index (χ1v) is 6.45. The van der Waals surface area contributed by atoms with Crippen LogP contribution in [0.3, 0.4) is 0 Å². The molecule has 1 unspecified atom stereocenters. The van der Waals surface area contributed by atoms with Crippen molar-refractivity contribution in [3.63, 3.8) is 0 Å². The van der Waals surface area contributed by atoms with Crippen molar-refractivity contribution in [3.05, 3.63) is 29.8 Å². The molecule has 5 nitrogen and oxygen atoms in total. The van der Waals surface area contributed by atoms with Crippen LogP contribution in [0.1, 0.15) is 18.9 Å². The Kier molecular flexibility index (Phi) is 4.39. The Morgan fingerprint density at radius 3 is 2.74 bits per heavy atom. The summed E-state index contributed by atoms with van der Waals surface area (Å²) in [6.45, 7) is 3.08. The molecule has 5 heteroatoms. The summed E-state index contributed by atoms with van der Waals surface area (Å²) in [6, 6.07) is 7.38. The molecular weight excluding hydrogens is 244 g/mol. The van der Waals surface area contributed by atoms with Crippen LogP contribution in [0.15, 0.2) is 24.3 Å². The van der Waals surface area contributed by atoms with E-state index < -0.39 is 0 Å². The second-order valence-electron chi connectivity index (χ2n) is 4.53. The van der Waals surface area contributed by atoms with Crippen molar-refractivity contribution in [1.29, 1.82) is 0 Å². The Labute approximate surface area is 112 Å². The van der Waals surface area contributed by atoms with E-state index in [2.05, 4.69) is 10.6 Å². The van der Waals surface area contributed by atoms with Crippen LogP contribution in [0, 0.1) is 0 Å². The molecule has 2 N–H and O–H groups in total. The lowest BCUT2D eigenvalue weighted by molar-refractivity contribution is -0.121. The first kappa shape index (κ1) is 13.4. The lowest BCUT2D eigenvalue weighted by Gasteiger charge is -2.10. The molecule has 0 aliphatic carbocycles. The van der Waals surface area contributed by atoms with E-state index in [1.807, 2.05) is 31.2 Å². The molecule has 1 aliphatic heterocycles. The minimum atomic E-state index is -0.0808. The monoisotopic (exact) mass is 262 g/mol. The van der Waals surface area contributed by atoms with Crippen molar-refractivity contribution in [2.45, 2.75) is 25.8 Å². The molecule has 102 valence electrons. The van der Waals surface area contributed by atoms with E-state index in [-0.39, 0.29) is 17.9 Å². The van der Waals surface area contributed by atoms with Crippen LogP contribution in [-0.4, -0.2) is 31.0 Å². The summed E-state index contributed by atoms with van der Waals surface area (Å²) >= 11 is 0. The first-order chi connectivity index (χ1) is 9.17. The zero-order valence-electron chi connectivity index (χ0n) is 10.9. The highest BCUT2D eigenvalue weighted by molar-refractivity contribution is 5.83. The zero-order chi connectivity index (χ0) is 13.7. The number of benzene rings is 1. The molecule has 0 saturated carbocycles. The summed E-state index contributed by atoms with van der Waals surface area (Å²) in [4.78, 5) is 22.8. The van der Waals surface area contributed by atoms with Crippen LogP contribution in [0.25, 0.3) is 0 Å². The quantitative estimate of drug-likeness (QED) is 0.818. The highest BCUT2D eigenvalue weighted by Gasteiger charge is 2.22. The molecule has 1 aliphatic rings. The molecular formula is C14H18N2O3. The van der Waals surface area contributed by atoms with Crippen LogP contribution in [-0.2, 0) is 16.0 Å². The number of nitrogens with one attached hydrogen (secondary N) is 2. The van der Waals surface area contributed by atoms with E-state index >= 15 is 0 Å². The topological polar surface area (TPSA) is 67.4 Å². The molecule has 2 rings (SSSR count). The number of hydrogen-bond acceptors (Lipinski definition) is 3. The third-order valence-corrected chi connectivity index (χ3v) is 2.94. The van der Waals surface area contributed by atoms with Crippen LogP contribution < -0.4 is 15.4 Å². The maximum Gasteiger partial charge on any atom is 0.224 e. The SMILES string of the molecule is CCOc1ccc(CC(=O)NC2CNC(=O)C2)cc1. The summed E-state index contributed by atoms with van der Waals surface area (Å²) in [5.74, 6) is 0.731. The fourth-order valence-corrected chi connectivity index (χ4v) is 2.04. The van der Waals surface area contributed by atoms with Gasteiger partial charge in [0.2, 0.25) is 11.8 Å². The molecule has 1 fully saturated rings. The van der Waals surface area contributed by atoms with E-state index in [0.29, 0.717) is 26.0 Å². The van der Waals surface area contributed by atoms with Gasteiger partial charge in [0.05, 0.1) is 19.1 Å². The van der Waals surface area contributed by atoms with Gasteiger partial charge in [-0.3, -0.25) is 9.59 Å². The lowest BCUT2D eigenvalue weighted by atomic mass is 10.1. The third-order valence-electron chi connectivity index (χ3n) is 2.94. The van der Waals surface area contributed by atoms with Gasteiger partial charge >= 0.3 is 0 Å². The van der Waals surface area contributed by atoms with Gasteiger partial charge in [-0.05, 0) is 24.6 Å². The molecule has 1 saturated heterocycles. The van der Waals surface area contributed by atoms with E-state index in [4.69, 9.17) is 4.74 Å². The van der Waals surface area contributed by atoms with Gasteiger partial charge in [0.25, 0.3) is 0 Å². The normalized spacial score (nSPS) is 17.9. The van der Waals surface area contributed by atoms with E-state index in [1.165, 1.54) is 0 Å². The van der Waals surface area contributed by atoms with Gasteiger partial charge in [0.1, 0.15) is 5.75 Å². The molecule has 0 radical (unpaired) electrons. The van der Waals surface area contributed by atoms with Gasteiger partial charge in [-0.25, -0.2) is 0 Å². The number of carbonyl (C=O) groups excluding carboxylic acids is 2. The average Bonchev–Trinajstić information content (AvgIpc) is 2.77.